The number of piperidine rings is 1. The highest BCUT2D eigenvalue weighted by Crippen LogP contribution is 2.18. The number of hydrogen-bond donors (Lipinski definition) is 1. The molecule has 1 aromatic rings. The Balaban J connectivity index is 1.73. The van der Waals surface area contributed by atoms with Crippen LogP contribution >= 0.6 is 11.6 Å². The highest BCUT2D eigenvalue weighted by atomic mass is 35.5. The first kappa shape index (κ1) is 20.6. The van der Waals surface area contributed by atoms with E-state index >= 15 is 0 Å². The van der Waals surface area contributed by atoms with E-state index in [9.17, 15) is 14.0 Å². The normalized spacial score (nSPS) is 16.3. The highest BCUT2D eigenvalue weighted by Gasteiger charge is 2.24. The molecule has 0 bridgehead atoms. The Kier molecular flexibility index (Phi) is 7.01. The lowest BCUT2D eigenvalue weighted by Gasteiger charge is -2.32. The van der Waals surface area contributed by atoms with Gasteiger partial charge in [-0.2, -0.15) is 0 Å². The van der Waals surface area contributed by atoms with Gasteiger partial charge in [0.15, 0.2) is 0 Å². The number of hydrogen-bond acceptors (Lipinski definition) is 4. The van der Waals surface area contributed by atoms with Crippen LogP contribution in [0.15, 0.2) is 18.2 Å². The number of nitrogens with zero attached hydrogens (tertiary/aromatic N) is 1. The molecule has 1 aliphatic rings. The molecule has 144 valence electrons. The van der Waals surface area contributed by atoms with Crippen molar-refractivity contribution in [1.82, 2.24) is 10.2 Å². The van der Waals surface area contributed by atoms with E-state index in [1.54, 1.807) is 0 Å². The third-order valence-electron chi connectivity index (χ3n) is 4.16. The second kappa shape index (κ2) is 8.82. The maximum Gasteiger partial charge on any atom is 0.320 e. The Labute approximate surface area is 158 Å². The minimum atomic E-state index is -0.530. The van der Waals surface area contributed by atoms with Crippen LogP contribution in [0.1, 0.15) is 44.0 Å². The van der Waals surface area contributed by atoms with Crippen LogP contribution in [0.25, 0.3) is 0 Å². The molecule has 0 atom stereocenters. The maximum atomic E-state index is 13.3. The minimum absolute atomic E-state index is 0.200. The van der Waals surface area contributed by atoms with Crippen LogP contribution in [0.4, 0.5) is 4.39 Å². The predicted octanol–water partition coefficient (Wildman–Crippen LogP) is 3.26. The van der Waals surface area contributed by atoms with E-state index < -0.39 is 11.4 Å². The lowest BCUT2D eigenvalue weighted by molar-refractivity contribution is -0.156. The summed E-state index contributed by atoms with van der Waals surface area (Å²) >= 11 is 5.78. The monoisotopic (exact) mass is 384 g/mol. The number of carbonyl (C=O) groups excluding carboxylic acids is 2. The Bertz CT molecular complexity index is 632. The van der Waals surface area contributed by atoms with E-state index in [1.807, 2.05) is 20.8 Å². The van der Waals surface area contributed by atoms with Gasteiger partial charge in [0.2, 0.25) is 0 Å². The van der Waals surface area contributed by atoms with E-state index in [-0.39, 0.29) is 29.0 Å². The fourth-order valence-electron chi connectivity index (χ4n) is 2.93. The second-order valence-electron chi connectivity index (χ2n) is 7.67. The molecule has 1 fully saturated rings. The van der Waals surface area contributed by atoms with Gasteiger partial charge in [0, 0.05) is 17.1 Å². The van der Waals surface area contributed by atoms with Gasteiger partial charge in [-0.1, -0.05) is 11.6 Å². The smallest absolute Gasteiger partial charge is 0.320 e. The van der Waals surface area contributed by atoms with Crippen LogP contribution < -0.4 is 5.32 Å². The largest absolute Gasteiger partial charge is 0.459 e. The number of amides is 1. The third-order valence-corrected chi connectivity index (χ3v) is 4.37. The highest BCUT2D eigenvalue weighted by molar-refractivity contribution is 6.31. The van der Waals surface area contributed by atoms with Crippen LogP contribution in [0.3, 0.4) is 0 Å². The molecule has 1 N–H and O–H groups in total. The Morgan fingerprint density at radius 2 is 1.92 bits per heavy atom. The predicted molar refractivity (Wildman–Crippen MR) is 98.8 cm³/mol. The summed E-state index contributed by atoms with van der Waals surface area (Å²) < 4.78 is 18.7. The van der Waals surface area contributed by atoms with Crippen molar-refractivity contribution in [3.63, 3.8) is 0 Å². The van der Waals surface area contributed by atoms with Gasteiger partial charge in [0.1, 0.15) is 11.4 Å². The van der Waals surface area contributed by atoms with Crippen molar-refractivity contribution in [2.75, 3.05) is 26.2 Å². The summed E-state index contributed by atoms with van der Waals surface area (Å²) in [7, 11) is 0. The van der Waals surface area contributed by atoms with Gasteiger partial charge in [0.05, 0.1) is 6.54 Å². The van der Waals surface area contributed by atoms with Crippen molar-refractivity contribution < 1.29 is 18.7 Å². The zero-order valence-corrected chi connectivity index (χ0v) is 16.2. The van der Waals surface area contributed by atoms with Crippen LogP contribution in [-0.2, 0) is 9.53 Å². The van der Waals surface area contributed by atoms with Crippen molar-refractivity contribution in [2.45, 2.75) is 39.2 Å². The molecule has 26 heavy (non-hydrogen) atoms. The number of nitrogens with one attached hydrogen (secondary N) is 1. The first-order valence-electron chi connectivity index (χ1n) is 8.81. The lowest BCUT2D eigenvalue weighted by Crippen LogP contribution is -2.42. The Morgan fingerprint density at radius 1 is 1.27 bits per heavy atom. The van der Waals surface area contributed by atoms with Gasteiger partial charge >= 0.3 is 5.97 Å². The molecule has 1 heterocycles. The zero-order chi connectivity index (χ0) is 19.3. The van der Waals surface area contributed by atoms with E-state index in [1.165, 1.54) is 18.2 Å². The molecule has 0 saturated carbocycles. The average molecular weight is 385 g/mol. The Hall–Kier alpha value is -1.66. The number of benzene rings is 1. The number of carbonyl (C=O) groups is 2. The molecule has 5 nitrogen and oxygen atoms in total. The number of halogens is 2. The van der Waals surface area contributed by atoms with E-state index in [0.29, 0.717) is 12.5 Å². The van der Waals surface area contributed by atoms with Crippen molar-refractivity contribution in [2.24, 2.45) is 5.92 Å². The quantitative estimate of drug-likeness (QED) is 0.791. The van der Waals surface area contributed by atoms with Gasteiger partial charge < -0.3 is 10.1 Å². The molecule has 7 heteroatoms. The molecule has 1 aromatic carbocycles. The molecule has 0 aliphatic carbocycles. The van der Waals surface area contributed by atoms with Gasteiger partial charge in [-0.05, 0) is 70.8 Å². The average Bonchev–Trinajstić information content (AvgIpc) is 2.51. The molecular weight excluding hydrogens is 359 g/mol. The summed E-state index contributed by atoms with van der Waals surface area (Å²) in [6.45, 7) is 7.94. The maximum absolute atomic E-state index is 13.3. The van der Waals surface area contributed by atoms with Crippen molar-refractivity contribution in [1.29, 1.82) is 0 Å². The third kappa shape index (κ3) is 6.92. The molecule has 0 unspecified atom stereocenters. The summed E-state index contributed by atoms with van der Waals surface area (Å²) in [5.41, 5.74) is -0.253. The second-order valence-corrected chi connectivity index (χ2v) is 8.11. The van der Waals surface area contributed by atoms with Crippen LogP contribution in [0.5, 0.6) is 0 Å². The first-order valence-corrected chi connectivity index (χ1v) is 9.19. The number of esters is 1. The summed E-state index contributed by atoms with van der Waals surface area (Å²) in [6, 6.07) is 3.78. The van der Waals surface area contributed by atoms with Gasteiger partial charge in [0.25, 0.3) is 5.91 Å². The summed E-state index contributed by atoms with van der Waals surface area (Å²) in [4.78, 5) is 26.1. The van der Waals surface area contributed by atoms with Gasteiger partial charge in [-0.25, -0.2) is 4.39 Å². The van der Waals surface area contributed by atoms with Gasteiger partial charge in [-0.15, -0.1) is 0 Å². The van der Waals surface area contributed by atoms with Crippen LogP contribution in [0, 0.1) is 11.7 Å². The minimum Gasteiger partial charge on any atom is -0.459 e. The summed E-state index contributed by atoms with van der Waals surface area (Å²) in [6.07, 6.45) is 1.76. The molecule has 0 spiro atoms. The van der Waals surface area contributed by atoms with Gasteiger partial charge in [-0.3, -0.25) is 14.5 Å². The molecular formula is C19H26ClFN2O3. The van der Waals surface area contributed by atoms with Crippen molar-refractivity contribution >= 4 is 23.5 Å². The standard InChI is InChI=1S/C19H26ClFN2O3/c1-19(2,3)26-17(24)12-23-6-4-13(5-7-23)11-22-18(25)14-8-15(20)10-16(21)9-14/h8-10,13H,4-7,11-12H2,1-3H3,(H,22,25). The van der Waals surface area contributed by atoms with Crippen LogP contribution in [0.2, 0.25) is 5.02 Å². The molecule has 1 saturated heterocycles. The fourth-order valence-corrected chi connectivity index (χ4v) is 3.15. The number of ether oxygens (including phenoxy) is 1. The van der Waals surface area contributed by atoms with E-state index in [2.05, 4.69) is 10.2 Å². The summed E-state index contributed by atoms with van der Waals surface area (Å²) in [5.74, 6) is -0.745. The number of rotatable bonds is 5. The SMILES string of the molecule is CC(C)(C)OC(=O)CN1CCC(CNC(=O)c2cc(F)cc(Cl)c2)CC1. The Morgan fingerprint density at radius 3 is 2.50 bits per heavy atom. The summed E-state index contributed by atoms with van der Waals surface area (Å²) in [5, 5.41) is 3.04. The lowest BCUT2D eigenvalue weighted by atomic mass is 9.96. The van der Waals surface area contributed by atoms with Crippen molar-refractivity contribution in [3.05, 3.63) is 34.6 Å². The molecule has 2 rings (SSSR count). The van der Waals surface area contributed by atoms with E-state index in [4.69, 9.17) is 16.3 Å². The zero-order valence-electron chi connectivity index (χ0n) is 15.5. The van der Waals surface area contributed by atoms with Crippen molar-refractivity contribution in [3.8, 4) is 0 Å². The number of likely N-dealkylation sites (tertiary alicyclic amines) is 1. The topological polar surface area (TPSA) is 58.6 Å². The molecule has 1 aliphatic heterocycles. The van der Waals surface area contributed by atoms with Crippen LogP contribution in [-0.4, -0.2) is 48.6 Å². The first-order chi connectivity index (χ1) is 12.1. The molecule has 0 radical (unpaired) electrons. The fraction of sp³-hybridized carbons (Fsp3) is 0.579. The molecule has 1 amide bonds. The van der Waals surface area contributed by atoms with E-state index in [0.717, 1.165) is 25.9 Å². The molecule has 0 aromatic heterocycles.